The van der Waals surface area contributed by atoms with Crippen molar-refractivity contribution in [3.05, 3.63) is 93.0 Å². The van der Waals surface area contributed by atoms with Gasteiger partial charge < -0.3 is 5.73 Å². The standard InChI is InChI=1S/C18H22FGe.C6H3F3N.Li/c1-11-7-13(3)17(14(4)8-11)20(19)18-15(5)9-12(2)10-16(18)6;7-3-1-4(8)6(10)5(9)2-3;/h7-10H,1-6H3;1-2,10H;/q;-1;+1. The third-order valence-corrected chi connectivity index (χ3v) is 9.95. The summed E-state index contributed by atoms with van der Waals surface area (Å²) in [5, 5.41) is 0. The Kier molecular flexibility index (Phi) is 9.94. The third-order valence-electron chi connectivity index (χ3n) is 4.80. The van der Waals surface area contributed by atoms with Gasteiger partial charge in [-0.25, -0.2) is 13.2 Å². The molecule has 0 aliphatic carbocycles. The summed E-state index contributed by atoms with van der Waals surface area (Å²) in [6, 6.07) is 9.35. The van der Waals surface area contributed by atoms with E-state index in [1.54, 1.807) is 0 Å². The average molecular weight is 483 g/mol. The first kappa shape index (κ1) is 27.4. The summed E-state index contributed by atoms with van der Waals surface area (Å²) in [6.45, 7) is 12.3. The first-order chi connectivity index (χ1) is 13.9. The molecular weight excluding hydrogens is 458 g/mol. The van der Waals surface area contributed by atoms with E-state index in [2.05, 4.69) is 38.1 Å². The molecule has 7 heteroatoms. The molecule has 159 valence electrons. The van der Waals surface area contributed by atoms with Crippen LogP contribution in [0.3, 0.4) is 0 Å². The minimum absolute atomic E-state index is 0. The van der Waals surface area contributed by atoms with Crippen LogP contribution in [-0.4, -0.2) is 14.8 Å². The van der Waals surface area contributed by atoms with E-state index < -0.39 is 38.0 Å². The number of hydrogen-bond donors (Lipinski definition) is 0. The van der Waals surface area contributed by atoms with Crippen LogP contribution < -0.4 is 27.7 Å². The number of nitrogens with one attached hydrogen (secondary N) is 1. The van der Waals surface area contributed by atoms with Crippen LogP contribution in [0.4, 0.5) is 22.4 Å². The minimum atomic E-state index is -2.93. The predicted molar refractivity (Wildman–Crippen MR) is 118 cm³/mol. The van der Waals surface area contributed by atoms with E-state index in [4.69, 9.17) is 5.73 Å². The van der Waals surface area contributed by atoms with Crippen molar-refractivity contribution in [1.82, 2.24) is 0 Å². The van der Waals surface area contributed by atoms with E-state index in [1.165, 1.54) is 11.1 Å². The topological polar surface area (TPSA) is 23.8 Å². The van der Waals surface area contributed by atoms with Crippen LogP contribution in [0, 0.1) is 59.0 Å². The van der Waals surface area contributed by atoms with Gasteiger partial charge in [0, 0.05) is 12.1 Å². The fraction of sp³-hybridized carbons (Fsp3) is 0.250. The van der Waals surface area contributed by atoms with Gasteiger partial charge in [-0.1, -0.05) is 5.69 Å². The van der Waals surface area contributed by atoms with Gasteiger partial charge in [0.15, 0.2) is 0 Å². The Morgan fingerprint density at radius 3 is 1.19 bits per heavy atom. The zero-order valence-electron chi connectivity index (χ0n) is 19.0. The fourth-order valence-corrected chi connectivity index (χ4v) is 7.76. The van der Waals surface area contributed by atoms with Crippen molar-refractivity contribution in [2.24, 2.45) is 0 Å². The van der Waals surface area contributed by atoms with Gasteiger partial charge in [-0.3, -0.25) is 0 Å². The summed E-state index contributed by atoms with van der Waals surface area (Å²) in [6.07, 6.45) is 0. The van der Waals surface area contributed by atoms with Gasteiger partial charge >= 0.3 is 145 Å². The van der Waals surface area contributed by atoms with Gasteiger partial charge in [0.05, 0.1) is 0 Å². The summed E-state index contributed by atoms with van der Waals surface area (Å²) in [5.41, 5.74) is 12.6. The van der Waals surface area contributed by atoms with Crippen molar-refractivity contribution in [2.75, 3.05) is 0 Å². The van der Waals surface area contributed by atoms with Gasteiger partial charge in [0.2, 0.25) is 0 Å². The maximum absolute atomic E-state index is 15.3. The molecule has 1 nitrogen and oxygen atoms in total. The normalized spacial score (nSPS) is 10.4. The maximum atomic E-state index is 15.3. The van der Waals surface area contributed by atoms with E-state index in [-0.39, 0.29) is 18.9 Å². The number of aryl methyl sites for hydroxylation is 6. The molecule has 0 heterocycles. The molecule has 0 bridgehead atoms. The molecule has 0 aliphatic heterocycles. The number of halogens is 4. The molecule has 0 aromatic heterocycles. The molecule has 0 saturated heterocycles. The second kappa shape index (κ2) is 11.3. The molecule has 0 spiro atoms. The Morgan fingerprint density at radius 2 is 0.903 bits per heavy atom. The smallest absolute Gasteiger partial charge is 0.694 e. The average Bonchev–Trinajstić information content (AvgIpc) is 2.58. The van der Waals surface area contributed by atoms with E-state index in [0.29, 0.717) is 12.1 Å². The summed E-state index contributed by atoms with van der Waals surface area (Å²) >= 11 is -2.93. The van der Waals surface area contributed by atoms with E-state index >= 15 is 3.50 Å². The summed E-state index contributed by atoms with van der Waals surface area (Å²) < 4.78 is 53.7. The third kappa shape index (κ3) is 6.65. The predicted octanol–water partition coefficient (Wildman–Crippen LogP) is 3.40. The summed E-state index contributed by atoms with van der Waals surface area (Å²) in [7, 11) is 0. The van der Waals surface area contributed by atoms with Gasteiger partial charge in [-0.15, -0.1) is 0 Å². The van der Waals surface area contributed by atoms with Crippen LogP contribution in [0.2, 0.25) is 0 Å². The van der Waals surface area contributed by atoms with Crippen molar-refractivity contribution in [1.29, 1.82) is 0 Å². The van der Waals surface area contributed by atoms with Crippen LogP contribution in [0.15, 0.2) is 36.4 Å². The van der Waals surface area contributed by atoms with Crippen LogP contribution >= 0.6 is 0 Å². The Hall–Kier alpha value is -1.68. The Labute approximate surface area is 198 Å². The molecule has 3 rings (SSSR count). The zero-order valence-corrected chi connectivity index (χ0v) is 21.1. The van der Waals surface area contributed by atoms with Crippen LogP contribution in [0.25, 0.3) is 5.73 Å². The Morgan fingerprint density at radius 1 is 0.613 bits per heavy atom. The van der Waals surface area contributed by atoms with Crippen molar-refractivity contribution in [2.45, 2.75) is 41.5 Å². The second-order valence-electron chi connectivity index (χ2n) is 7.61. The van der Waals surface area contributed by atoms with Gasteiger partial charge in [0.25, 0.3) is 0 Å². The second-order valence-corrected chi connectivity index (χ2v) is 11.0. The summed E-state index contributed by atoms with van der Waals surface area (Å²) in [4.78, 5) is 0. The molecular formula is C24H25F4GeLiN. The van der Waals surface area contributed by atoms with Gasteiger partial charge in [-0.05, 0) is 0 Å². The van der Waals surface area contributed by atoms with Crippen molar-refractivity contribution in [3.63, 3.8) is 0 Å². The monoisotopic (exact) mass is 484 g/mol. The number of rotatable bonds is 2. The molecule has 1 N–H and O–H groups in total. The fourth-order valence-electron chi connectivity index (χ4n) is 3.72. The molecule has 31 heavy (non-hydrogen) atoms. The number of benzene rings is 3. The van der Waals surface area contributed by atoms with E-state index in [9.17, 15) is 13.2 Å². The van der Waals surface area contributed by atoms with Crippen LogP contribution in [0.1, 0.15) is 33.4 Å². The molecule has 0 fully saturated rings. The van der Waals surface area contributed by atoms with Crippen LogP contribution in [-0.2, 0) is 0 Å². The summed E-state index contributed by atoms with van der Waals surface area (Å²) in [5.74, 6) is -3.37. The van der Waals surface area contributed by atoms with Crippen molar-refractivity contribution >= 4 is 29.3 Å². The van der Waals surface area contributed by atoms with Crippen molar-refractivity contribution in [3.8, 4) is 0 Å². The largest absolute Gasteiger partial charge is 1.00 e. The van der Waals surface area contributed by atoms with E-state index in [1.807, 2.05) is 27.7 Å². The quantitative estimate of drug-likeness (QED) is 0.395. The number of hydrogen-bond acceptors (Lipinski definition) is 0. The molecule has 0 aliphatic rings. The molecule has 3 aromatic rings. The SMILES string of the molecule is Cc1cc(C)[c]([Ge]([F])[c]2c(C)cc(C)cc2C)c(C)c1.[Li+].[NH-]c1c(F)cc(F)cc1F. The molecule has 0 unspecified atom stereocenters. The zero-order chi connectivity index (χ0) is 22.7. The molecule has 0 amide bonds. The van der Waals surface area contributed by atoms with Gasteiger partial charge in [-0.2, -0.15) is 0 Å². The van der Waals surface area contributed by atoms with E-state index in [0.717, 1.165) is 31.0 Å². The molecule has 0 atom stereocenters. The van der Waals surface area contributed by atoms with Gasteiger partial charge in [0.1, 0.15) is 17.5 Å². The molecule has 0 saturated carbocycles. The van der Waals surface area contributed by atoms with Crippen molar-refractivity contribution < 1.29 is 35.5 Å². The Bertz CT molecular complexity index is 959. The maximum Gasteiger partial charge on any atom is 1.00 e. The van der Waals surface area contributed by atoms with Crippen LogP contribution in [0.5, 0.6) is 0 Å². The molecule has 1 radical (unpaired) electrons. The molecule has 3 aromatic carbocycles. The first-order valence-electron chi connectivity index (χ1n) is 9.47. The minimum Gasteiger partial charge on any atom is -0.694 e. The first-order valence-corrected chi connectivity index (χ1v) is 12.4. The Balaban J connectivity index is 0.000000370.